The standard InChI is InChI=1S/C23H22F3N5O4/c1-11-8-33-10-19(16-4-3-13(6-28-16)35-23(24,25)26)31(11)22(32)17-5-14-15-9-34-12(2)20(15)21(27)30-18(14)7-29-17/h3-7,11-12,19H,8-10H2,1-2H3,(H2,27,30)/t11-,12-,19-/m0/s1. The monoisotopic (exact) mass is 489 g/mol. The van der Waals surface area contributed by atoms with Gasteiger partial charge in [0.2, 0.25) is 0 Å². The van der Waals surface area contributed by atoms with Gasteiger partial charge in [0, 0.05) is 10.9 Å². The fraction of sp³-hybridized carbons (Fsp3) is 0.391. The van der Waals surface area contributed by atoms with Gasteiger partial charge in [-0.1, -0.05) is 0 Å². The summed E-state index contributed by atoms with van der Waals surface area (Å²) in [7, 11) is 0. The fourth-order valence-corrected chi connectivity index (χ4v) is 4.59. The Labute approximate surface area is 198 Å². The van der Waals surface area contributed by atoms with Crippen molar-refractivity contribution >= 4 is 22.6 Å². The van der Waals surface area contributed by atoms with Gasteiger partial charge in [0.25, 0.3) is 5.91 Å². The average molecular weight is 489 g/mol. The number of halogens is 3. The Morgan fingerprint density at radius 3 is 2.71 bits per heavy atom. The lowest BCUT2D eigenvalue weighted by Crippen LogP contribution is -2.49. The van der Waals surface area contributed by atoms with E-state index in [0.717, 1.165) is 28.8 Å². The highest BCUT2D eigenvalue weighted by Gasteiger charge is 2.37. The van der Waals surface area contributed by atoms with Crippen molar-refractivity contribution in [1.29, 1.82) is 0 Å². The van der Waals surface area contributed by atoms with Crippen LogP contribution in [0.15, 0.2) is 30.6 Å². The van der Waals surface area contributed by atoms with E-state index >= 15 is 0 Å². The van der Waals surface area contributed by atoms with Gasteiger partial charge in [-0.2, -0.15) is 0 Å². The molecule has 3 aromatic rings. The van der Waals surface area contributed by atoms with Gasteiger partial charge in [-0.3, -0.25) is 9.78 Å². The minimum atomic E-state index is -4.82. The summed E-state index contributed by atoms with van der Waals surface area (Å²) in [4.78, 5) is 28.1. The van der Waals surface area contributed by atoms with Crippen LogP contribution in [0.25, 0.3) is 10.9 Å². The number of nitrogens with two attached hydrogens (primary N) is 1. The zero-order valence-electron chi connectivity index (χ0n) is 18.9. The molecule has 0 saturated carbocycles. The molecule has 0 bridgehead atoms. The zero-order chi connectivity index (χ0) is 24.9. The molecule has 12 heteroatoms. The summed E-state index contributed by atoms with van der Waals surface area (Å²) in [5, 5.41) is 0.737. The molecule has 35 heavy (non-hydrogen) atoms. The van der Waals surface area contributed by atoms with Gasteiger partial charge in [-0.25, -0.2) is 9.97 Å². The molecule has 1 amide bonds. The van der Waals surface area contributed by atoms with Crippen LogP contribution in [0.5, 0.6) is 5.75 Å². The Bertz CT molecular complexity index is 1280. The van der Waals surface area contributed by atoms with Crippen LogP contribution in [0.1, 0.15) is 53.3 Å². The van der Waals surface area contributed by atoms with E-state index in [1.807, 2.05) is 13.8 Å². The Morgan fingerprint density at radius 2 is 2.00 bits per heavy atom. The van der Waals surface area contributed by atoms with Crippen LogP contribution in [-0.2, 0) is 16.1 Å². The molecule has 184 valence electrons. The number of pyridine rings is 3. The third kappa shape index (κ3) is 4.34. The van der Waals surface area contributed by atoms with Crippen molar-refractivity contribution in [3.05, 3.63) is 53.1 Å². The number of rotatable bonds is 3. The van der Waals surface area contributed by atoms with Gasteiger partial charge in [0.15, 0.2) is 0 Å². The number of fused-ring (bicyclic) bond motifs is 3. The fourth-order valence-electron chi connectivity index (χ4n) is 4.59. The Kier molecular flexibility index (Phi) is 5.72. The molecular weight excluding hydrogens is 467 g/mol. The number of hydrogen-bond acceptors (Lipinski definition) is 8. The lowest BCUT2D eigenvalue weighted by Gasteiger charge is -2.40. The summed E-state index contributed by atoms with van der Waals surface area (Å²) < 4.78 is 52.7. The van der Waals surface area contributed by atoms with Crippen molar-refractivity contribution in [2.45, 2.75) is 45.0 Å². The molecule has 0 aliphatic carbocycles. The summed E-state index contributed by atoms with van der Waals surface area (Å²) >= 11 is 0. The van der Waals surface area contributed by atoms with Crippen LogP contribution >= 0.6 is 0 Å². The van der Waals surface area contributed by atoms with E-state index in [1.165, 1.54) is 12.3 Å². The first kappa shape index (κ1) is 23.2. The van der Waals surface area contributed by atoms with E-state index in [1.54, 1.807) is 11.0 Å². The molecule has 2 aliphatic rings. The van der Waals surface area contributed by atoms with Gasteiger partial charge in [-0.05, 0) is 37.6 Å². The number of carbonyl (C=O) groups excluding carboxylic acids is 1. The normalized spacial score (nSPS) is 22.3. The summed E-state index contributed by atoms with van der Waals surface area (Å²) in [6.07, 6.45) is -2.55. The van der Waals surface area contributed by atoms with E-state index in [9.17, 15) is 18.0 Å². The van der Waals surface area contributed by atoms with Crippen LogP contribution in [0, 0.1) is 0 Å². The molecule has 0 unspecified atom stereocenters. The minimum absolute atomic E-state index is 0.134. The van der Waals surface area contributed by atoms with Crippen molar-refractivity contribution < 1.29 is 32.2 Å². The van der Waals surface area contributed by atoms with Crippen molar-refractivity contribution in [3.63, 3.8) is 0 Å². The first-order chi connectivity index (χ1) is 16.6. The van der Waals surface area contributed by atoms with Crippen LogP contribution in [0.3, 0.4) is 0 Å². The van der Waals surface area contributed by atoms with E-state index in [2.05, 4.69) is 19.7 Å². The molecule has 5 heterocycles. The summed E-state index contributed by atoms with van der Waals surface area (Å²) in [6.45, 7) is 4.49. The lowest BCUT2D eigenvalue weighted by atomic mass is 10.0. The number of alkyl halides is 3. The summed E-state index contributed by atoms with van der Waals surface area (Å²) in [5.41, 5.74) is 8.92. The maximum atomic E-state index is 13.7. The Hall–Kier alpha value is -3.51. The van der Waals surface area contributed by atoms with Crippen molar-refractivity contribution in [1.82, 2.24) is 19.9 Å². The number of carbonyl (C=O) groups is 1. The number of ether oxygens (including phenoxy) is 3. The molecule has 1 saturated heterocycles. The third-order valence-electron chi connectivity index (χ3n) is 6.17. The first-order valence-corrected chi connectivity index (χ1v) is 10.9. The number of nitrogen functional groups attached to an aromatic ring is 1. The van der Waals surface area contributed by atoms with E-state index in [4.69, 9.17) is 15.2 Å². The minimum Gasteiger partial charge on any atom is -0.404 e. The number of aromatic nitrogens is 3. The number of nitrogens with zero attached hydrogens (tertiary/aromatic N) is 4. The van der Waals surface area contributed by atoms with Gasteiger partial charge >= 0.3 is 6.36 Å². The zero-order valence-corrected chi connectivity index (χ0v) is 18.9. The topological polar surface area (TPSA) is 113 Å². The van der Waals surface area contributed by atoms with Gasteiger partial charge in [-0.15, -0.1) is 13.2 Å². The quantitative estimate of drug-likeness (QED) is 0.593. The second kappa shape index (κ2) is 8.61. The van der Waals surface area contributed by atoms with Crippen LogP contribution in [0.4, 0.5) is 19.0 Å². The van der Waals surface area contributed by atoms with Crippen molar-refractivity contribution in [3.8, 4) is 5.75 Å². The highest BCUT2D eigenvalue weighted by molar-refractivity contribution is 5.97. The largest absolute Gasteiger partial charge is 0.573 e. The first-order valence-electron chi connectivity index (χ1n) is 10.9. The smallest absolute Gasteiger partial charge is 0.404 e. The molecule has 9 nitrogen and oxygen atoms in total. The number of anilines is 1. The highest BCUT2D eigenvalue weighted by atomic mass is 19.4. The maximum Gasteiger partial charge on any atom is 0.573 e. The van der Waals surface area contributed by atoms with Crippen molar-refractivity contribution in [2.24, 2.45) is 0 Å². The average Bonchev–Trinajstić information content (AvgIpc) is 3.20. The summed E-state index contributed by atoms with van der Waals surface area (Å²) in [5.74, 6) is -0.427. The van der Waals surface area contributed by atoms with E-state index in [0.29, 0.717) is 30.2 Å². The molecular formula is C23H22F3N5O4. The Morgan fingerprint density at radius 1 is 1.20 bits per heavy atom. The van der Waals surface area contributed by atoms with Crippen LogP contribution in [0.2, 0.25) is 0 Å². The van der Waals surface area contributed by atoms with Gasteiger partial charge < -0.3 is 24.8 Å². The highest BCUT2D eigenvalue weighted by Crippen LogP contribution is 2.38. The summed E-state index contributed by atoms with van der Waals surface area (Å²) in [6, 6.07) is 3.27. The predicted octanol–water partition coefficient (Wildman–Crippen LogP) is 3.70. The maximum absolute atomic E-state index is 13.7. The SMILES string of the molecule is C[C@@H]1OCc2c1c(N)nc1cnc(C(=O)N3[C@@H](C)COC[C@H]3c3ccc(OC(F)(F)F)cn3)cc21. The van der Waals surface area contributed by atoms with Gasteiger partial charge in [0.1, 0.15) is 17.3 Å². The van der Waals surface area contributed by atoms with Crippen LogP contribution < -0.4 is 10.5 Å². The Balaban J connectivity index is 1.48. The molecule has 2 aliphatic heterocycles. The predicted molar refractivity (Wildman–Crippen MR) is 117 cm³/mol. The molecule has 3 atom stereocenters. The van der Waals surface area contributed by atoms with Crippen molar-refractivity contribution in [2.75, 3.05) is 18.9 Å². The second-order valence-electron chi connectivity index (χ2n) is 8.51. The molecule has 1 fully saturated rings. The van der Waals surface area contributed by atoms with Crippen LogP contribution in [-0.4, -0.2) is 51.4 Å². The molecule has 0 spiro atoms. The third-order valence-corrected chi connectivity index (χ3v) is 6.17. The molecule has 0 radical (unpaired) electrons. The molecule has 5 rings (SSSR count). The number of amides is 1. The van der Waals surface area contributed by atoms with E-state index < -0.39 is 18.2 Å². The van der Waals surface area contributed by atoms with Gasteiger partial charge in [0.05, 0.1) is 61.6 Å². The molecule has 3 aromatic heterocycles. The van der Waals surface area contributed by atoms with E-state index in [-0.39, 0.29) is 30.4 Å². The second-order valence-corrected chi connectivity index (χ2v) is 8.51. The number of hydrogen-bond donors (Lipinski definition) is 1. The lowest BCUT2D eigenvalue weighted by molar-refractivity contribution is -0.274. The molecule has 2 N–H and O–H groups in total. The number of morpholine rings is 1. The molecule has 0 aromatic carbocycles.